The van der Waals surface area contributed by atoms with Crippen LogP contribution in [0.3, 0.4) is 0 Å². The maximum absolute atomic E-state index is 12.5. The lowest BCUT2D eigenvalue weighted by Gasteiger charge is -2.33. The number of aliphatic hydroxyl groups excluding tert-OH is 1. The molecule has 1 aromatic rings. The average molecular weight is 279 g/mol. The normalized spacial score (nSPS) is 33.4. The lowest BCUT2D eigenvalue weighted by atomic mass is 9.69. The number of alkyl halides is 2. The quantitative estimate of drug-likeness (QED) is 0.924. The third-order valence-electron chi connectivity index (χ3n) is 4.45. The van der Waals surface area contributed by atoms with Gasteiger partial charge in [0, 0.05) is 5.56 Å². The second-order valence-electron chi connectivity index (χ2n) is 5.55. The Balaban J connectivity index is 1.88. The van der Waals surface area contributed by atoms with E-state index >= 15 is 0 Å². The third-order valence-corrected chi connectivity index (χ3v) is 4.45. The van der Waals surface area contributed by atoms with Crippen molar-refractivity contribution in [1.82, 2.24) is 0 Å². The molecule has 0 aromatic heterocycles. The van der Waals surface area contributed by atoms with Gasteiger partial charge in [0.05, 0.1) is 18.3 Å². The Labute approximate surface area is 115 Å². The van der Waals surface area contributed by atoms with E-state index in [1.807, 2.05) is 0 Å². The van der Waals surface area contributed by atoms with Crippen LogP contribution >= 0.6 is 0 Å². The molecule has 4 atom stereocenters. The fourth-order valence-electron chi connectivity index (χ4n) is 3.33. The first kappa shape index (κ1) is 13.5. The van der Waals surface area contributed by atoms with Gasteiger partial charge in [0.2, 0.25) is 0 Å². The van der Waals surface area contributed by atoms with Crippen molar-refractivity contribution in [2.24, 2.45) is 5.41 Å². The van der Waals surface area contributed by atoms with Crippen molar-refractivity contribution >= 4 is 0 Å². The van der Waals surface area contributed by atoms with Crippen LogP contribution < -0.4 is 0 Å². The van der Waals surface area contributed by atoms with Crippen LogP contribution in [-0.4, -0.2) is 17.3 Å². The molecule has 1 aromatic carbocycles. The number of halogens is 2. The van der Waals surface area contributed by atoms with Crippen molar-refractivity contribution in [3.63, 3.8) is 0 Å². The van der Waals surface area contributed by atoms with E-state index in [2.05, 4.69) is 6.07 Å². The fourth-order valence-corrected chi connectivity index (χ4v) is 3.33. The van der Waals surface area contributed by atoms with E-state index in [1.165, 1.54) is 24.3 Å². The predicted octanol–water partition coefficient (Wildman–Crippen LogP) is 3.12. The highest BCUT2D eigenvalue weighted by Crippen LogP contribution is 2.53. The molecule has 3 rings (SSSR count). The minimum absolute atomic E-state index is 0.0367. The number of rotatable bonds is 3. The van der Waals surface area contributed by atoms with Crippen molar-refractivity contribution in [1.29, 1.82) is 5.26 Å². The van der Waals surface area contributed by atoms with Gasteiger partial charge in [-0.15, -0.1) is 0 Å². The summed E-state index contributed by atoms with van der Waals surface area (Å²) in [7, 11) is 0. The highest BCUT2D eigenvalue weighted by Gasteiger charge is 2.57. The van der Waals surface area contributed by atoms with Gasteiger partial charge in [-0.05, 0) is 24.8 Å². The molecule has 2 fully saturated rings. The van der Waals surface area contributed by atoms with Crippen LogP contribution in [0.5, 0.6) is 0 Å². The van der Waals surface area contributed by atoms with E-state index in [1.54, 1.807) is 0 Å². The second-order valence-corrected chi connectivity index (χ2v) is 5.55. The number of ether oxygens (including phenoxy) is 1. The molecular formula is C15H15F2NO2. The van der Waals surface area contributed by atoms with Gasteiger partial charge in [0.15, 0.2) is 0 Å². The van der Waals surface area contributed by atoms with Crippen molar-refractivity contribution in [2.45, 2.75) is 44.0 Å². The first-order chi connectivity index (χ1) is 9.56. The standard InChI is InChI=1S/C15H15F2NO2/c16-14(17)10-3-1-9(2-4-10)13(19)15(8-18)7-11-5-6-12(15)20-11/h1-4,11-14,19H,5-7H2. The monoisotopic (exact) mass is 279 g/mol. The topological polar surface area (TPSA) is 53.2 Å². The zero-order valence-electron chi connectivity index (χ0n) is 10.8. The van der Waals surface area contributed by atoms with E-state index in [9.17, 15) is 19.1 Å². The number of fused-ring (bicyclic) bond motifs is 2. The van der Waals surface area contributed by atoms with Crippen LogP contribution in [0.4, 0.5) is 8.78 Å². The Kier molecular flexibility index (Phi) is 3.23. The van der Waals surface area contributed by atoms with Crippen molar-refractivity contribution in [2.75, 3.05) is 0 Å². The summed E-state index contributed by atoms with van der Waals surface area (Å²) in [6.07, 6.45) is -1.56. The summed E-state index contributed by atoms with van der Waals surface area (Å²) < 4.78 is 30.7. The number of hydrogen-bond donors (Lipinski definition) is 1. The Morgan fingerprint density at radius 3 is 2.35 bits per heavy atom. The van der Waals surface area contributed by atoms with Crippen LogP contribution in [0.15, 0.2) is 24.3 Å². The van der Waals surface area contributed by atoms with Crippen LogP contribution in [-0.2, 0) is 4.74 Å². The summed E-state index contributed by atoms with van der Waals surface area (Å²) in [5.74, 6) is 0. The van der Waals surface area contributed by atoms with Crippen LogP contribution in [0, 0.1) is 16.7 Å². The molecule has 1 N–H and O–H groups in total. The Morgan fingerprint density at radius 2 is 1.90 bits per heavy atom. The number of hydrogen-bond acceptors (Lipinski definition) is 3. The van der Waals surface area contributed by atoms with Gasteiger partial charge in [-0.2, -0.15) is 5.26 Å². The second kappa shape index (κ2) is 4.80. The van der Waals surface area contributed by atoms with Crippen LogP contribution in [0.2, 0.25) is 0 Å². The zero-order valence-corrected chi connectivity index (χ0v) is 10.8. The maximum Gasteiger partial charge on any atom is 0.263 e. The fraction of sp³-hybridized carbons (Fsp3) is 0.533. The summed E-state index contributed by atoms with van der Waals surface area (Å²) in [6.45, 7) is 0. The summed E-state index contributed by atoms with van der Waals surface area (Å²) in [5.41, 5.74) is -0.543. The van der Waals surface area contributed by atoms with E-state index in [-0.39, 0.29) is 17.8 Å². The molecule has 2 heterocycles. The summed E-state index contributed by atoms with van der Waals surface area (Å²) in [6, 6.07) is 7.75. The summed E-state index contributed by atoms with van der Waals surface area (Å²) >= 11 is 0. The van der Waals surface area contributed by atoms with Crippen molar-refractivity contribution in [3.05, 3.63) is 35.4 Å². The molecule has 2 saturated heterocycles. The molecule has 4 unspecified atom stereocenters. The van der Waals surface area contributed by atoms with Gasteiger partial charge >= 0.3 is 0 Å². The molecular weight excluding hydrogens is 264 g/mol. The van der Waals surface area contributed by atoms with E-state index in [0.717, 1.165) is 12.8 Å². The van der Waals surface area contributed by atoms with Crippen molar-refractivity contribution in [3.8, 4) is 6.07 Å². The van der Waals surface area contributed by atoms with Crippen LogP contribution in [0.1, 0.15) is 42.9 Å². The molecule has 5 heteroatoms. The van der Waals surface area contributed by atoms with E-state index in [4.69, 9.17) is 4.74 Å². The first-order valence-corrected chi connectivity index (χ1v) is 6.69. The van der Waals surface area contributed by atoms with Crippen LogP contribution in [0.25, 0.3) is 0 Å². The molecule has 106 valence electrons. The van der Waals surface area contributed by atoms with E-state index in [0.29, 0.717) is 12.0 Å². The Bertz CT molecular complexity index is 540. The summed E-state index contributed by atoms with van der Waals surface area (Å²) in [4.78, 5) is 0. The van der Waals surface area contributed by atoms with Gasteiger partial charge in [0.25, 0.3) is 6.43 Å². The van der Waals surface area contributed by atoms with Crippen molar-refractivity contribution < 1.29 is 18.6 Å². The highest BCUT2D eigenvalue weighted by molar-refractivity contribution is 5.30. The lowest BCUT2D eigenvalue weighted by molar-refractivity contribution is 0.00337. The molecule has 20 heavy (non-hydrogen) atoms. The van der Waals surface area contributed by atoms with E-state index < -0.39 is 17.9 Å². The third kappa shape index (κ3) is 1.91. The molecule has 0 amide bonds. The molecule has 2 bridgehead atoms. The zero-order chi connectivity index (χ0) is 14.3. The SMILES string of the molecule is N#CC1(C(O)c2ccc(C(F)F)cc2)CC2CCC1O2. The summed E-state index contributed by atoms with van der Waals surface area (Å²) in [5, 5.41) is 20.0. The molecule has 0 saturated carbocycles. The molecule has 2 aliphatic heterocycles. The number of nitrogens with zero attached hydrogens (tertiary/aromatic N) is 1. The number of aliphatic hydroxyl groups is 1. The highest BCUT2D eigenvalue weighted by atomic mass is 19.3. The minimum atomic E-state index is -2.53. The van der Waals surface area contributed by atoms with Gasteiger partial charge in [-0.1, -0.05) is 24.3 Å². The minimum Gasteiger partial charge on any atom is -0.387 e. The lowest BCUT2D eigenvalue weighted by Crippen LogP contribution is -2.37. The molecule has 2 aliphatic rings. The largest absolute Gasteiger partial charge is 0.387 e. The maximum atomic E-state index is 12.5. The molecule has 0 aliphatic carbocycles. The van der Waals surface area contributed by atoms with Gasteiger partial charge in [0.1, 0.15) is 11.5 Å². The Hall–Kier alpha value is -1.51. The molecule has 0 spiro atoms. The molecule has 3 nitrogen and oxygen atoms in total. The number of nitriles is 1. The Morgan fingerprint density at radius 1 is 1.25 bits per heavy atom. The first-order valence-electron chi connectivity index (χ1n) is 6.69. The van der Waals surface area contributed by atoms with Gasteiger partial charge in [-0.25, -0.2) is 8.78 Å². The van der Waals surface area contributed by atoms with Gasteiger partial charge in [-0.3, -0.25) is 0 Å². The average Bonchev–Trinajstić information content (AvgIpc) is 3.07. The van der Waals surface area contributed by atoms with Gasteiger partial charge < -0.3 is 9.84 Å². The molecule has 0 radical (unpaired) electrons. The smallest absolute Gasteiger partial charge is 0.263 e. The number of benzene rings is 1. The predicted molar refractivity (Wildman–Crippen MR) is 66.9 cm³/mol.